The van der Waals surface area contributed by atoms with Crippen molar-refractivity contribution >= 4 is 11.9 Å². The minimum Gasteiger partial charge on any atom is -0.481 e. The number of nitrogens with zero attached hydrogens (tertiary/aromatic N) is 1. The van der Waals surface area contributed by atoms with Crippen LogP contribution in [0, 0.1) is 11.8 Å². The first kappa shape index (κ1) is 15.3. The second-order valence-electron chi connectivity index (χ2n) is 5.65. The molecule has 2 saturated heterocycles. The van der Waals surface area contributed by atoms with E-state index in [0.717, 1.165) is 25.9 Å². The van der Waals surface area contributed by atoms with Crippen LogP contribution in [0.1, 0.15) is 26.2 Å². The van der Waals surface area contributed by atoms with Gasteiger partial charge in [0.05, 0.1) is 19.3 Å². The lowest BCUT2D eigenvalue weighted by molar-refractivity contribution is -0.145. The Hall–Kier alpha value is -1.14. The normalized spacial score (nSPS) is 30.1. The highest BCUT2D eigenvalue weighted by Crippen LogP contribution is 2.23. The maximum Gasteiger partial charge on any atom is 0.311 e. The minimum atomic E-state index is -0.877. The molecule has 114 valence electrons. The van der Waals surface area contributed by atoms with Gasteiger partial charge in [-0.15, -0.1) is 0 Å². The number of carbonyl (C=O) groups excluding carboxylic acids is 1. The van der Waals surface area contributed by atoms with E-state index in [1.807, 2.05) is 6.92 Å². The first-order valence-electron chi connectivity index (χ1n) is 7.44. The Morgan fingerprint density at radius 1 is 1.40 bits per heavy atom. The number of hydrogen-bond acceptors (Lipinski definition) is 4. The van der Waals surface area contributed by atoms with Crippen molar-refractivity contribution in [3.63, 3.8) is 0 Å². The molecule has 2 heterocycles. The second kappa shape index (κ2) is 7.04. The average molecular weight is 284 g/mol. The third-order valence-corrected chi connectivity index (χ3v) is 4.29. The van der Waals surface area contributed by atoms with E-state index < -0.39 is 11.9 Å². The van der Waals surface area contributed by atoms with Gasteiger partial charge in [-0.1, -0.05) is 0 Å². The summed E-state index contributed by atoms with van der Waals surface area (Å²) in [5.41, 5.74) is 0. The van der Waals surface area contributed by atoms with Crippen LogP contribution >= 0.6 is 0 Å². The maximum atomic E-state index is 12.4. The predicted molar refractivity (Wildman–Crippen MR) is 73.3 cm³/mol. The van der Waals surface area contributed by atoms with E-state index in [9.17, 15) is 14.7 Å². The molecule has 0 aromatic rings. The molecule has 0 saturated carbocycles. The molecule has 20 heavy (non-hydrogen) atoms. The molecule has 3 atom stereocenters. The van der Waals surface area contributed by atoms with Crippen molar-refractivity contribution in [1.82, 2.24) is 10.2 Å². The molecule has 6 heteroatoms. The Morgan fingerprint density at radius 2 is 2.20 bits per heavy atom. The number of rotatable bonds is 5. The fourth-order valence-corrected chi connectivity index (χ4v) is 3.14. The molecule has 0 spiro atoms. The molecule has 0 aliphatic carbocycles. The summed E-state index contributed by atoms with van der Waals surface area (Å²) in [5.74, 6) is -1.04. The summed E-state index contributed by atoms with van der Waals surface area (Å²) < 4.78 is 5.27. The van der Waals surface area contributed by atoms with Crippen molar-refractivity contribution in [3.8, 4) is 0 Å². The van der Waals surface area contributed by atoms with Crippen molar-refractivity contribution < 1.29 is 19.4 Å². The third kappa shape index (κ3) is 3.49. The summed E-state index contributed by atoms with van der Waals surface area (Å²) in [6.07, 6.45) is 2.68. The molecule has 6 nitrogen and oxygen atoms in total. The lowest BCUT2D eigenvalue weighted by atomic mass is 9.94. The molecule has 0 aromatic carbocycles. The number of piperidine rings is 1. The fourth-order valence-electron chi connectivity index (χ4n) is 3.14. The smallest absolute Gasteiger partial charge is 0.311 e. The van der Waals surface area contributed by atoms with E-state index in [-0.39, 0.29) is 18.6 Å². The molecule has 2 rings (SSSR count). The van der Waals surface area contributed by atoms with Crippen LogP contribution in [0.15, 0.2) is 0 Å². The van der Waals surface area contributed by atoms with Crippen LogP contribution in [0.2, 0.25) is 0 Å². The highest BCUT2D eigenvalue weighted by Gasteiger charge is 2.39. The lowest BCUT2D eigenvalue weighted by Crippen LogP contribution is -2.47. The number of nitrogens with one attached hydrogen (secondary N) is 1. The SMILES string of the molecule is CCN(C(=O)CC1CCCNC1)C1COCC1C(=O)O. The average Bonchev–Trinajstić information content (AvgIpc) is 2.90. The molecule has 2 aliphatic heterocycles. The molecule has 2 aliphatic rings. The van der Waals surface area contributed by atoms with Crippen LogP contribution < -0.4 is 5.32 Å². The summed E-state index contributed by atoms with van der Waals surface area (Å²) in [6.45, 7) is 4.88. The highest BCUT2D eigenvalue weighted by atomic mass is 16.5. The molecule has 1 amide bonds. The second-order valence-corrected chi connectivity index (χ2v) is 5.65. The zero-order valence-corrected chi connectivity index (χ0v) is 12.0. The molecular formula is C14H24N2O4. The number of hydrogen-bond donors (Lipinski definition) is 2. The van der Waals surface area contributed by atoms with Gasteiger partial charge in [-0.25, -0.2) is 0 Å². The van der Waals surface area contributed by atoms with Gasteiger partial charge < -0.3 is 20.1 Å². The Bertz CT molecular complexity index is 355. The predicted octanol–water partition coefficient (Wildman–Crippen LogP) is 0.324. The molecule has 0 bridgehead atoms. The largest absolute Gasteiger partial charge is 0.481 e. The number of ether oxygens (including phenoxy) is 1. The van der Waals surface area contributed by atoms with Crippen molar-refractivity contribution in [3.05, 3.63) is 0 Å². The van der Waals surface area contributed by atoms with Crippen LogP contribution in [0.4, 0.5) is 0 Å². The Labute approximate surface area is 119 Å². The quantitative estimate of drug-likeness (QED) is 0.760. The van der Waals surface area contributed by atoms with Crippen molar-refractivity contribution in [2.75, 3.05) is 32.8 Å². The van der Waals surface area contributed by atoms with Crippen LogP contribution in [0.3, 0.4) is 0 Å². The van der Waals surface area contributed by atoms with Gasteiger partial charge in [0.15, 0.2) is 0 Å². The zero-order valence-electron chi connectivity index (χ0n) is 12.0. The number of aliphatic carboxylic acids is 1. The van der Waals surface area contributed by atoms with E-state index in [2.05, 4.69) is 5.32 Å². The van der Waals surface area contributed by atoms with Crippen LogP contribution in [-0.4, -0.2) is 60.8 Å². The lowest BCUT2D eigenvalue weighted by Gasteiger charge is -2.31. The van der Waals surface area contributed by atoms with Gasteiger partial charge in [-0.2, -0.15) is 0 Å². The van der Waals surface area contributed by atoms with E-state index in [4.69, 9.17) is 4.74 Å². The van der Waals surface area contributed by atoms with Crippen molar-refractivity contribution in [2.45, 2.75) is 32.2 Å². The number of carbonyl (C=O) groups is 2. The number of carboxylic acid groups (broad SMARTS) is 1. The van der Waals surface area contributed by atoms with Crippen LogP contribution in [-0.2, 0) is 14.3 Å². The Kier molecular flexibility index (Phi) is 5.37. The number of amides is 1. The van der Waals surface area contributed by atoms with Gasteiger partial charge in [0.2, 0.25) is 5.91 Å². The summed E-state index contributed by atoms with van der Waals surface area (Å²) in [6, 6.07) is -0.318. The van der Waals surface area contributed by atoms with Gasteiger partial charge >= 0.3 is 5.97 Å². The van der Waals surface area contributed by atoms with Gasteiger partial charge in [0, 0.05) is 13.0 Å². The zero-order chi connectivity index (χ0) is 14.5. The van der Waals surface area contributed by atoms with E-state index in [0.29, 0.717) is 25.5 Å². The monoisotopic (exact) mass is 284 g/mol. The number of carboxylic acids is 1. The van der Waals surface area contributed by atoms with Gasteiger partial charge in [-0.3, -0.25) is 9.59 Å². The van der Waals surface area contributed by atoms with Crippen molar-refractivity contribution in [1.29, 1.82) is 0 Å². The van der Waals surface area contributed by atoms with Gasteiger partial charge in [0.1, 0.15) is 5.92 Å². The van der Waals surface area contributed by atoms with Crippen LogP contribution in [0.5, 0.6) is 0 Å². The topological polar surface area (TPSA) is 78.9 Å². The fraction of sp³-hybridized carbons (Fsp3) is 0.857. The Balaban J connectivity index is 1.95. The first-order valence-corrected chi connectivity index (χ1v) is 7.44. The molecule has 2 fully saturated rings. The standard InChI is InChI=1S/C14H24N2O4/c1-2-16(12-9-20-8-11(12)14(18)19)13(17)6-10-4-3-5-15-7-10/h10-12,15H,2-9H2,1H3,(H,18,19). The number of likely N-dealkylation sites (N-methyl/N-ethyl adjacent to an activating group) is 1. The van der Waals surface area contributed by atoms with Crippen molar-refractivity contribution in [2.24, 2.45) is 11.8 Å². The summed E-state index contributed by atoms with van der Waals surface area (Å²) in [7, 11) is 0. The van der Waals surface area contributed by atoms with E-state index >= 15 is 0 Å². The molecule has 2 N–H and O–H groups in total. The van der Waals surface area contributed by atoms with Gasteiger partial charge in [0.25, 0.3) is 0 Å². The third-order valence-electron chi connectivity index (χ3n) is 4.29. The molecule has 0 radical (unpaired) electrons. The summed E-state index contributed by atoms with van der Waals surface area (Å²) >= 11 is 0. The summed E-state index contributed by atoms with van der Waals surface area (Å²) in [4.78, 5) is 25.4. The first-order chi connectivity index (χ1) is 9.63. The molecule has 3 unspecified atom stereocenters. The molecule has 0 aromatic heterocycles. The minimum absolute atomic E-state index is 0.0583. The van der Waals surface area contributed by atoms with Crippen LogP contribution in [0.25, 0.3) is 0 Å². The highest BCUT2D eigenvalue weighted by molar-refractivity contribution is 5.79. The molecular weight excluding hydrogens is 260 g/mol. The van der Waals surface area contributed by atoms with E-state index in [1.54, 1.807) is 4.90 Å². The Morgan fingerprint density at radius 3 is 2.80 bits per heavy atom. The van der Waals surface area contributed by atoms with E-state index in [1.165, 1.54) is 0 Å². The van der Waals surface area contributed by atoms with Gasteiger partial charge in [-0.05, 0) is 38.8 Å². The summed E-state index contributed by atoms with van der Waals surface area (Å²) in [5, 5.41) is 12.5. The maximum absolute atomic E-state index is 12.4.